The zero-order valence-corrected chi connectivity index (χ0v) is 56.0. The SMILES string of the molecule is C[C@@H](Cc1ccc(O)cc1)C[C@H](C)C(=O)NNC(=O)OCCSSC[C@H](NC(=O)[C@@H](CCC(=O)NC[C@H](O)[C@@H](O)[C@H](O)[C@H](O)CO)NC(=O)[C@@H](CCC(=O)O)NC(=O)[C@@H](CCC(=O)NC[C@H](O)[C@@H](O)[C@H](O)[C@H](O)CO)NC(=O)[C@@H](CCC(=O)O)NC(=O)CCCCCCCN)C(=O)O. The molecule has 0 aromatic heterocycles. The van der Waals surface area contributed by atoms with Crippen molar-refractivity contribution in [2.24, 2.45) is 17.6 Å². The summed E-state index contributed by atoms with van der Waals surface area (Å²) in [6.07, 6.45) is -19.1. The van der Waals surface area contributed by atoms with Crippen molar-refractivity contribution in [2.75, 3.05) is 51.0 Å². The van der Waals surface area contributed by atoms with E-state index in [0.29, 0.717) is 32.2 Å². The lowest BCUT2D eigenvalue weighted by molar-refractivity contribution is -0.142. The highest BCUT2D eigenvalue weighted by Crippen LogP contribution is 2.23. The van der Waals surface area contributed by atoms with Gasteiger partial charge in [-0.05, 0) is 81.5 Å². The number of aliphatic hydroxyl groups is 10. The minimum atomic E-state index is -2.13. The predicted octanol–water partition coefficient (Wildman–Crippen LogP) is -6.06. The molecule has 0 bridgehead atoms. The number of carbonyl (C=O) groups excluding carboxylic acids is 9. The maximum Gasteiger partial charge on any atom is 0.426 e. The van der Waals surface area contributed by atoms with Gasteiger partial charge in [0, 0.05) is 62.6 Å². The molecular formula is C59H98N10O27S2. The molecule has 25 N–H and O–H groups in total. The van der Waals surface area contributed by atoms with Crippen molar-refractivity contribution in [1.29, 1.82) is 0 Å². The number of carboxylic acid groups (broad SMARTS) is 3. The second-order valence-corrected chi connectivity index (χ2v) is 25.8. The molecule has 37 nitrogen and oxygen atoms in total. The van der Waals surface area contributed by atoms with Gasteiger partial charge in [-0.3, -0.25) is 53.4 Å². The molecule has 0 unspecified atom stereocenters. The van der Waals surface area contributed by atoms with E-state index in [-0.39, 0.29) is 30.4 Å². The quantitative estimate of drug-likeness (QED) is 0.0164. The smallest absolute Gasteiger partial charge is 0.426 e. The number of amides is 9. The van der Waals surface area contributed by atoms with Gasteiger partial charge < -0.3 is 119 Å². The number of aromatic hydroxyl groups is 1. The fraction of sp³-hybridized carbons (Fsp3) is 0.695. The molecule has 0 saturated carbocycles. The van der Waals surface area contributed by atoms with Crippen LogP contribution in [0.1, 0.15) is 116 Å². The first-order valence-corrected chi connectivity index (χ1v) is 34.1. The number of benzene rings is 1. The van der Waals surface area contributed by atoms with Gasteiger partial charge in [-0.25, -0.2) is 15.0 Å². The van der Waals surface area contributed by atoms with Crippen molar-refractivity contribution < 1.29 is 134 Å². The largest absolute Gasteiger partial charge is 0.508 e. The number of carboxylic acids is 3. The fourth-order valence-corrected chi connectivity index (χ4v) is 11.1. The third-order valence-corrected chi connectivity index (χ3v) is 17.2. The van der Waals surface area contributed by atoms with Gasteiger partial charge in [0.2, 0.25) is 47.3 Å². The molecule has 0 spiro atoms. The van der Waals surface area contributed by atoms with Gasteiger partial charge in [-0.1, -0.05) is 66.8 Å². The molecule has 0 aliphatic heterocycles. The summed E-state index contributed by atoms with van der Waals surface area (Å²) in [5, 5.41) is 153. The van der Waals surface area contributed by atoms with E-state index >= 15 is 0 Å². The predicted molar refractivity (Wildman–Crippen MR) is 347 cm³/mol. The molecule has 39 heteroatoms. The highest BCUT2D eigenvalue weighted by atomic mass is 33.1. The van der Waals surface area contributed by atoms with E-state index in [4.69, 9.17) is 20.7 Å². The number of unbranched alkanes of at least 4 members (excludes halogenated alkanes) is 4. The normalized spacial score (nSPS) is 15.9. The Kier molecular flexibility index (Phi) is 44.6. The first-order chi connectivity index (χ1) is 46.2. The number of aliphatic carboxylic acids is 3. The number of hydrogen-bond donors (Lipinski definition) is 24. The summed E-state index contributed by atoms with van der Waals surface area (Å²) in [5.74, 6) is -13.8. The first kappa shape index (κ1) is 88.7. The van der Waals surface area contributed by atoms with Crippen molar-refractivity contribution in [1.82, 2.24) is 48.1 Å². The van der Waals surface area contributed by atoms with Crippen LogP contribution in [-0.4, -0.2) is 273 Å². The molecule has 1 aromatic carbocycles. The first-order valence-electron chi connectivity index (χ1n) is 31.6. The van der Waals surface area contributed by atoms with Crippen molar-refractivity contribution in [3.05, 3.63) is 29.8 Å². The number of hydrogen-bond acceptors (Lipinski definition) is 27. The number of phenolic OH excluding ortho intramolecular Hbond substituents is 1. The summed E-state index contributed by atoms with van der Waals surface area (Å²) >= 11 is 0. The summed E-state index contributed by atoms with van der Waals surface area (Å²) in [6, 6.07) is -2.76. The molecule has 98 heavy (non-hydrogen) atoms. The number of carbonyl (C=O) groups is 12. The average molecular weight is 1440 g/mol. The molecule has 15 atom stereocenters. The Morgan fingerprint density at radius 3 is 1.35 bits per heavy atom. The summed E-state index contributed by atoms with van der Waals surface area (Å²) in [6.45, 7) is 0.0958. The van der Waals surface area contributed by atoms with Crippen LogP contribution in [0.4, 0.5) is 4.79 Å². The van der Waals surface area contributed by atoms with Gasteiger partial charge in [0.15, 0.2) is 0 Å². The Labute approximate surface area is 572 Å². The van der Waals surface area contributed by atoms with Crippen molar-refractivity contribution in [2.45, 2.75) is 196 Å². The number of aliphatic hydroxyl groups excluding tert-OH is 10. The van der Waals surface area contributed by atoms with Crippen LogP contribution in [0.5, 0.6) is 5.75 Å². The van der Waals surface area contributed by atoms with Crippen LogP contribution in [0.2, 0.25) is 0 Å². The van der Waals surface area contributed by atoms with Crippen LogP contribution < -0.4 is 53.8 Å². The number of phenols is 1. The van der Waals surface area contributed by atoms with E-state index < -0.39 is 240 Å². The van der Waals surface area contributed by atoms with Gasteiger partial charge in [-0.2, -0.15) is 0 Å². The van der Waals surface area contributed by atoms with E-state index in [1.54, 1.807) is 31.2 Å². The Morgan fingerprint density at radius 1 is 0.490 bits per heavy atom. The van der Waals surface area contributed by atoms with Gasteiger partial charge in [-0.15, -0.1) is 0 Å². The molecule has 558 valence electrons. The Hall–Kier alpha value is -7.28. The number of rotatable bonds is 52. The standard InChI is InChI=1S/C59H98N10O27S2/c1-31(25-33-9-11-34(72)12-10-33)24-32(2)53(88)68-69-59(95)96-22-23-97-98-30-39(58(93)94)67-57(92)37(14-18-45(78)62-27-41(74)50(85)52(87)43(76)29-71)65-56(91)38(16-20-48(82)83)66-55(90)36(13-17-44(77)61-26-40(73)49(84)51(86)42(75)28-70)64-54(89)35(15-19-47(80)81)63-46(79)8-6-4-3-5-7-21-60/h9-12,31-32,35-43,49-52,70-76,84-87H,3-8,13-30,60H2,1-2H3,(H,61,77)(H,62,78)(H,63,79)(H,64,89)(H,65,91)(H,66,90)(H,67,92)(H,68,88)(H,69,95)(H,80,81)(H,82,83)(H,93,94)/t31-,32+,35-,36-,37-,38-,39+,40+,41+,42-,43-,49-,50-,51-,52-/m1/s1. The van der Waals surface area contributed by atoms with Crippen LogP contribution in [0.15, 0.2) is 24.3 Å². The lowest BCUT2D eigenvalue weighted by atomic mass is 9.91. The highest BCUT2D eigenvalue weighted by molar-refractivity contribution is 8.76. The second kappa shape index (κ2) is 49.3. The summed E-state index contributed by atoms with van der Waals surface area (Å²) < 4.78 is 5.07. The van der Waals surface area contributed by atoms with E-state index in [0.717, 1.165) is 46.4 Å². The zero-order valence-electron chi connectivity index (χ0n) is 54.4. The van der Waals surface area contributed by atoms with Crippen LogP contribution in [0, 0.1) is 11.8 Å². The lowest BCUT2D eigenvalue weighted by Crippen LogP contribution is -2.59. The molecule has 9 amide bonds. The number of nitrogens with two attached hydrogens (primary N) is 1. The number of nitrogens with one attached hydrogen (secondary N) is 9. The Morgan fingerprint density at radius 2 is 0.908 bits per heavy atom. The third kappa shape index (κ3) is 37.6. The molecule has 0 aliphatic carbocycles. The zero-order chi connectivity index (χ0) is 74.0. The topological polar surface area (TPSA) is 632 Å². The van der Waals surface area contributed by atoms with E-state index in [2.05, 4.69) is 48.1 Å². The average Bonchev–Trinajstić information content (AvgIpc) is 0.880. The molecule has 0 saturated heterocycles. The van der Waals surface area contributed by atoms with E-state index in [9.17, 15) is 119 Å². The maximum atomic E-state index is 14.4. The monoisotopic (exact) mass is 1440 g/mol. The molecule has 1 rings (SSSR count). The summed E-state index contributed by atoms with van der Waals surface area (Å²) in [7, 11) is 1.83. The summed E-state index contributed by atoms with van der Waals surface area (Å²) in [4.78, 5) is 157. The highest BCUT2D eigenvalue weighted by Gasteiger charge is 2.36. The van der Waals surface area contributed by atoms with Gasteiger partial charge in [0.1, 0.15) is 79.2 Å². The molecular weight excluding hydrogens is 1340 g/mol. The number of hydrazine groups is 1. The second-order valence-electron chi connectivity index (χ2n) is 23.1. The van der Waals surface area contributed by atoms with Crippen LogP contribution in [-0.2, 0) is 63.9 Å². The van der Waals surface area contributed by atoms with E-state index in [1.165, 1.54) is 0 Å². The molecule has 0 aliphatic rings. The Balaban J connectivity index is 3.50. The van der Waals surface area contributed by atoms with Gasteiger partial charge in [0.25, 0.3) is 0 Å². The molecule has 0 heterocycles. The van der Waals surface area contributed by atoms with Crippen molar-refractivity contribution >= 4 is 92.8 Å². The minimum absolute atomic E-state index is 0.0255. The van der Waals surface area contributed by atoms with Crippen LogP contribution >= 0.6 is 21.6 Å². The van der Waals surface area contributed by atoms with Crippen molar-refractivity contribution in [3.8, 4) is 5.75 Å². The molecule has 1 aromatic rings. The fourth-order valence-electron chi connectivity index (χ4n) is 9.08. The van der Waals surface area contributed by atoms with Gasteiger partial charge >= 0.3 is 24.0 Å². The lowest BCUT2D eigenvalue weighted by Gasteiger charge is -2.27. The van der Waals surface area contributed by atoms with Crippen LogP contribution in [0.25, 0.3) is 0 Å². The maximum absolute atomic E-state index is 14.4. The third-order valence-electron chi connectivity index (χ3n) is 14.8. The van der Waals surface area contributed by atoms with Crippen LogP contribution in [0.3, 0.4) is 0 Å². The molecule has 0 fully saturated rings. The van der Waals surface area contributed by atoms with Crippen molar-refractivity contribution in [3.63, 3.8) is 0 Å². The minimum Gasteiger partial charge on any atom is -0.508 e. The molecule has 0 radical (unpaired) electrons. The Bertz CT molecular complexity index is 2660. The van der Waals surface area contributed by atoms with Gasteiger partial charge in [0.05, 0.1) is 25.4 Å². The van der Waals surface area contributed by atoms with E-state index in [1.807, 2.05) is 6.92 Å². The number of ether oxygens (including phenoxy) is 1. The summed E-state index contributed by atoms with van der Waals surface area (Å²) in [5.41, 5.74) is 10.9.